The van der Waals surface area contributed by atoms with E-state index in [1.165, 1.54) is 12.3 Å². The lowest BCUT2D eigenvalue weighted by Gasteiger charge is -1.94. The normalized spacial score (nSPS) is 10.1. The van der Waals surface area contributed by atoms with Crippen molar-refractivity contribution in [3.05, 3.63) is 34.1 Å². The van der Waals surface area contributed by atoms with Crippen LogP contribution in [0, 0.1) is 22.5 Å². The van der Waals surface area contributed by atoms with Crippen molar-refractivity contribution in [2.24, 2.45) is 7.05 Å². The first-order valence-electron chi connectivity index (χ1n) is 4.19. The second-order valence-electron chi connectivity index (χ2n) is 3.12. The molecule has 2 rings (SSSR count). The Bertz CT molecular complexity index is 592. The Morgan fingerprint density at radius 2 is 2.40 bits per heavy atom. The van der Waals surface area contributed by atoms with Gasteiger partial charge in [0.15, 0.2) is 0 Å². The zero-order chi connectivity index (χ0) is 11.0. The van der Waals surface area contributed by atoms with E-state index in [9.17, 15) is 10.1 Å². The Labute approximate surface area is 85.5 Å². The van der Waals surface area contributed by atoms with Gasteiger partial charge in [-0.1, -0.05) is 5.92 Å². The Hall–Kier alpha value is -2.35. The lowest BCUT2D eigenvalue weighted by molar-refractivity contribution is -0.385. The van der Waals surface area contributed by atoms with Gasteiger partial charge < -0.3 is 4.57 Å². The highest BCUT2D eigenvalue weighted by Gasteiger charge is 2.12. The number of fused-ring (bicyclic) bond motifs is 1. The van der Waals surface area contributed by atoms with Gasteiger partial charge in [0, 0.05) is 24.7 Å². The van der Waals surface area contributed by atoms with Crippen molar-refractivity contribution >= 4 is 16.7 Å². The lowest BCUT2D eigenvalue weighted by Crippen LogP contribution is -1.91. The van der Waals surface area contributed by atoms with Gasteiger partial charge >= 0.3 is 0 Å². The van der Waals surface area contributed by atoms with E-state index in [1.54, 1.807) is 17.8 Å². The summed E-state index contributed by atoms with van der Waals surface area (Å²) in [5.74, 6) is 2.47. The monoisotopic (exact) mass is 201 g/mol. The number of aromatic nitrogens is 2. The summed E-state index contributed by atoms with van der Waals surface area (Å²) in [7, 11) is 1.79. The third-order valence-corrected chi connectivity index (χ3v) is 2.17. The molecule has 0 saturated heterocycles. The summed E-state index contributed by atoms with van der Waals surface area (Å²) in [6.45, 7) is 0. The number of aryl methyl sites for hydroxylation is 1. The quantitative estimate of drug-likeness (QED) is 0.398. The molecule has 0 aliphatic heterocycles. The molecule has 0 unspecified atom stereocenters. The van der Waals surface area contributed by atoms with Crippen LogP contribution in [-0.4, -0.2) is 14.5 Å². The minimum Gasteiger partial charge on any atom is -0.334 e. The summed E-state index contributed by atoms with van der Waals surface area (Å²) >= 11 is 0. The van der Waals surface area contributed by atoms with Crippen LogP contribution in [0.5, 0.6) is 0 Å². The molecule has 0 aliphatic rings. The molecule has 0 spiro atoms. The molecule has 0 fully saturated rings. The van der Waals surface area contributed by atoms with Crippen LogP contribution in [0.1, 0.15) is 5.56 Å². The maximum Gasteiger partial charge on any atom is 0.288 e. The molecule has 0 radical (unpaired) electrons. The fraction of sp³-hybridized carbons (Fsp3) is 0.100. The van der Waals surface area contributed by atoms with Gasteiger partial charge in [0.05, 0.1) is 10.5 Å². The lowest BCUT2D eigenvalue weighted by atomic mass is 10.2. The van der Waals surface area contributed by atoms with Gasteiger partial charge in [0.25, 0.3) is 5.69 Å². The summed E-state index contributed by atoms with van der Waals surface area (Å²) in [5.41, 5.74) is 1.21. The average Bonchev–Trinajstić information content (AvgIpc) is 2.55. The first kappa shape index (κ1) is 9.21. The van der Waals surface area contributed by atoms with Gasteiger partial charge in [0.1, 0.15) is 11.8 Å². The van der Waals surface area contributed by atoms with E-state index >= 15 is 0 Å². The van der Waals surface area contributed by atoms with Crippen LogP contribution in [0.3, 0.4) is 0 Å². The van der Waals surface area contributed by atoms with Gasteiger partial charge in [-0.05, 0) is 0 Å². The van der Waals surface area contributed by atoms with Gasteiger partial charge in [-0.3, -0.25) is 10.1 Å². The molecule has 0 bridgehead atoms. The molecule has 0 aromatic carbocycles. The SMILES string of the molecule is C#Cc1cn(C)c2ncc([N+](=O)[O-])cc12. The zero-order valence-corrected chi connectivity index (χ0v) is 7.97. The second kappa shape index (κ2) is 3.10. The molecule has 0 atom stereocenters. The van der Waals surface area contributed by atoms with Crippen LogP contribution < -0.4 is 0 Å². The van der Waals surface area contributed by atoms with Crippen LogP contribution in [0.25, 0.3) is 11.0 Å². The van der Waals surface area contributed by atoms with Crippen molar-refractivity contribution in [2.75, 3.05) is 0 Å². The van der Waals surface area contributed by atoms with E-state index in [-0.39, 0.29) is 5.69 Å². The van der Waals surface area contributed by atoms with E-state index < -0.39 is 4.92 Å². The Kier molecular flexibility index (Phi) is 1.90. The summed E-state index contributed by atoms with van der Waals surface area (Å²) in [6, 6.07) is 1.44. The maximum absolute atomic E-state index is 10.6. The van der Waals surface area contributed by atoms with Crippen molar-refractivity contribution in [1.82, 2.24) is 9.55 Å². The molecule has 5 nitrogen and oxygen atoms in total. The molecule has 2 aromatic heterocycles. The predicted molar refractivity (Wildman–Crippen MR) is 55.3 cm³/mol. The molecule has 2 aromatic rings. The van der Waals surface area contributed by atoms with Gasteiger partial charge in [-0.2, -0.15) is 0 Å². The predicted octanol–water partition coefficient (Wildman–Crippen LogP) is 1.46. The molecule has 5 heteroatoms. The van der Waals surface area contributed by atoms with Gasteiger partial charge in [0.2, 0.25) is 0 Å². The average molecular weight is 201 g/mol. The number of nitrogens with zero attached hydrogens (tertiary/aromatic N) is 3. The Balaban J connectivity index is 2.81. The summed E-state index contributed by atoms with van der Waals surface area (Å²) in [5, 5.41) is 11.2. The van der Waals surface area contributed by atoms with Crippen molar-refractivity contribution < 1.29 is 4.92 Å². The van der Waals surface area contributed by atoms with Crippen molar-refractivity contribution in [3.63, 3.8) is 0 Å². The molecular formula is C10H7N3O2. The summed E-state index contributed by atoms with van der Waals surface area (Å²) in [6.07, 6.45) is 8.24. The zero-order valence-electron chi connectivity index (χ0n) is 7.97. The minimum absolute atomic E-state index is 0.0507. The molecule has 0 aliphatic carbocycles. The second-order valence-corrected chi connectivity index (χ2v) is 3.12. The molecule has 2 heterocycles. The number of nitro groups is 1. The smallest absolute Gasteiger partial charge is 0.288 e. The standard InChI is InChI=1S/C10H7N3O2/c1-3-7-6-12(2)10-9(7)4-8(5-11-10)13(14)15/h1,4-6H,2H3. The van der Waals surface area contributed by atoms with Crippen LogP contribution in [0.4, 0.5) is 5.69 Å². The fourth-order valence-electron chi connectivity index (χ4n) is 1.46. The topological polar surface area (TPSA) is 61.0 Å². The van der Waals surface area contributed by atoms with Crippen molar-refractivity contribution in [2.45, 2.75) is 0 Å². The van der Waals surface area contributed by atoms with E-state index in [2.05, 4.69) is 10.9 Å². The largest absolute Gasteiger partial charge is 0.334 e. The number of rotatable bonds is 1. The van der Waals surface area contributed by atoms with E-state index in [4.69, 9.17) is 6.42 Å². The maximum atomic E-state index is 10.6. The van der Waals surface area contributed by atoms with Gasteiger partial charge in [-0.15, -0.1) is 6.42 Å². The third-order valence-electron chi connectivity index (χ3n) is 2.17. The molecular weight excluding hydrogens is 194 g/mol. The van der Waals surface area contributed by atoms with E-state index in [0.29, 0.717) is 16.6 Å². The third kappa shape index (κ3) is 1.32. The highest BCUT2D eigenvalue weighted by atomic mass is 16.6. The van der Waals surface area contributed by atoms with Crippen LogP contribution in [-0.2, 0) is 7.05 Å². The van der Waals surface area contributed by atoms with Crippen LogP contribution in [0.15, 0.2) is 18.5 Å². The highest BCUT2D eigenvalue weighted by molar-refractivity contribution is 5.85. The van der Waals surface area contributed by atoms with Crippen molar-refractivity contribution in [3.8, 4) is 12.3 Å². The first-order valence-corrected chi connectivity index (χ1v) is 4.19. The fourth-order valence-corrected chi connectivity index (χ4v) is 1.46. The van der Waals surface area contributed by atoms with Crippen molar-refractivity contribution in [1.29, 1.82) is 0 Å². The summed E-state index contributed by atoms with van der Waals surface area (Å²) < 4.78 is 1.74. The number of hydrogen-bond acceptors (Lipinski definition) is 3. The molecule has 15 heavy (non-hydrogen) atoms. The Morgan fingerprint density at radius 3 is 3.00 bits per heavy atom. The molecule has 0 N–H and O–H groups in total. The number of terminal acetylenes is 1. The van der Waals surface area contributed by atoms with E-state index in [1.807, 2.05) is 0 Å². The Morgan fingerprint density at radius 1 is 1.67 bits per heavy atom. The number of pyridine rings is 1. The molecule has 0 saturated carbocycles. The summed E-state index contributed by atoms with van der Waals surface area (Å²) in [4.78, 5) is 14.1. The number of hydrogen-bond donors (Lipinski definition) is 0. The molecule has 74 valence electrons. The van der Waals surface area contributed by atoms with Crippen LogP contribution >= 0.6 is 0 Å². The van der Waals surface area contributed by atoms with E-state index in [0.717, 1.165) is 0 Å². The molecule has 0 amide bonds. The first-order chi connectivity index (χ1) is 7.13. The van der Waals surface area contributed by atoms with Crippen LogP contribution in [0.2, 0.25) is 0 Å². The highest BCUT2D eigenvalue weighted by Crippen LogP contribution is 2.22. The van der Waals surface area contributed by atoms with Gasteiger partial charge in [-0.25, -0.2) is 4.98 Å². The minimum atomic E-state index is -0.486.